The zero-order valence-corrected chi connectivity index (χ0v) is 22.5. The molecule has 0 aliphatic carbocycles. The van der Waals surface area contributed by atoms with Gasteiger partial charge >= 0.3 is 18.2 Å². The van der Waals surface area contributed by atoms with Crippen molar-refractivity contribution >= 4 is 34.4 Å². The average Bonchev–Trinajstić information content (AvgIpc) is 2.99. The number of alkyl halides is 3. The van der Waals surface area contributed by atoms with Gasteiger partial charge in [0.2, 0.25) is 11.2 Å². The highest BCUT2D eigenvalue weighted by molar-refractivity contribution is 5.97. The number of benzene rings is 4. The molecule has 0 aliphatic heterocycles. The van der Waals surface area contributed by atoms with Crippen molar-refractivity contribution in [3.63, 3.8) is 0 Å². The number of esters is 1. The zero-order chi connectivity index (χ0) is 30.6. The normalized spacial score (nSPS) is 11.2. The molecule has 8 nitrogen and oxygen atoms in total. The van der Waals surface area contributed by atoms with Gasteiger partial charge in [0, 0.05) is 6.07 Å². The summed E-state index contributed by atoms with van der Waals surface area (Å²) in [7, 11) is 0. The molecule has 1 amide bonds. The highest BCUT2D eigenvalue weighted by Crippen LogP contribution is 2.39. The summed E-state index contributed by atoms with van der Waals surface area (Å²) in [5.74, 6) is -3.69. The third kappa shape index (κ3) is 6.35. The summed E-state index contributed by atoms with van der Waals surface area (Å²) in [6.07, 6.45) is -5.96. The van der Waals surface area contributed by atoms with Crippen LogP contribution < -0.4 is 19.8 Å². The van der Waals surface area contributed by atoms with Gasteiger partial charge in [0.05, 0.1) is 28.9 Å². The van der Waals surface area contributed by atoms with Gasteiger partial charge in [-0.25, -0.2) is 14.5 Å². The standard InChI is InChI=1S/C32H22F3NO7/c1-2-40-30(38)20-13-15-23(16-14-20)41-28-27(37)25-18-17-24(19-26(25)43-29(28)32(33,34)35)42-31(39)36(21-9-5-3-6-10-21)22-11-7-4-8-12-22/h3-19H,2H2,1H3. The number of hydrogen-bond acceptors (Lipinski definition) is 7. The van der Waals surface area contributed by atoms with E-state index in [2.05, 4.69) is 0 Å². The molecule has 0 bridgehead atoms. The molecular weight excluding hydrogens is 567 g/mol. The van der Waals surface area contributed by atoms with Gasteiger partial charge in [0.1, 0.15) is 17.1 Å². The number of rotatable bonds is 7. The number of carbonyl (C=O) groups excluding carboxylic acids is 2. The number of amides is 1. The number of anilines is 2. The van der Waals surface area contributed by atoms with Gasteiger partial charge in [-0.1, -0.05) is 36.4 Å². The van der Waals surface area contributed by atoms with Crippen LogP contribution in [0.25, 0.3) is 11.0 Å². The molecule has 0 unspecified atom stereocenters. The Kier molecular flexibility index (Phi) is 8.15. The van der Waals surface area contributed by atoms with Crippen molar-refractivity contribution in [2.24, 2.45) is 0 Å². The van der Waals surface area contributed by atoms with Crippen LogP contribution in [0.4, 0.5) is 29.3 Å². The van der Waals surface area contributed by atoms with Crippen molar-refractivity contribution in [3.8, 4) is 17.2 Å². The number of halogens is 3. The average molecular weight is 590 g/mol. The van der Waals surface area contributed by atoms with E-state index in [0.717, 1.165) is 6.07 Å². The van der Waals surface area contributed by atoms with Gasteiger partial charge in [-0.05, 0) is 67.6 Å². The number of nitrogens with zero attached hydrogens (tertiary/aromatic N) is 1. The molecule has 0 aliphatic rings. The Balaban J connectivity index is 1.48. The van der Waals surface area contributed by atoms with Gasteiger partial charge < -0.3 is 18.6 Å². The fourth-order valence-electron chi connectivity index (χ4n) is 4.15. The largest absolute Gasteiger partial charge is 0.462 e. The molecule has 0 N–H and O–H groups in total. The van der Waals surface area contributed by atoms with E-state index in [4.69, 9.17) is 18.6 Å². The molecule has 0 radical (unpaired) electrons. The van der Waals surface area contributed by atoms with Crippen LogP contribution in [-0.4, -0.2) is 18.7 Å². The molecule has 218 valence electrons. The van der Waals surface area contributed by atoms with Crippen molar-refractivity contribution in [1.29, 1.82) is 0 Å². The van der Waals surface area contributed by atoms with E-state index < -0.39 is 40.8 Å². The minimum Gasteiger partial charge on any atom is -0.462 e. The van der Waals surface area contributed by atoms with Crippen LogP contribution in [0.15, 0.2) is 112 Å². The van der Waals surface area contributed by atoms with E-state index in [-0.39, 0.29) is 29.1 Å². The molecule has 0 atom stereocenters. The fraction of sp³-hybridized carbons (Fsp3) is 0.0938. The van der Waals surface area contributed by atoms with E-state index in [1.807, 2.05) is 0 Å². The Morgan fingerprint density at radius 1 is 0.814 bits per heavy atom. The number of para-hydroxylation sites is 2. The lowest BCUT2D eigenvalue weighted by Crippen LogP contribution is -2.29. The van der Waals surface area contributed by atoms with E-state index >= 15 is 0 Å². The van der Waals surface area contributed by atoms with E-state index in [9.17, 15) is 27.6 Å². The maximum absolute atomic E-state index is 14.0. The fourth-order valence-corrected chi connectivity index (χ4v) is 4.15. The van der Waals surface area contributed by atoms with Crippen LogP contribution >= 0.6 is 0 Å². The third-order valence-electron chi connectivity index (χ3n) is 6.08. The lowest BCUT2D eigenvalue weighted by atomic mass is 10.2. The van der Waals surface area contributed by atoms with E-state index in [0.29, 0.717) is 11.4 Å². The Morgan fingerprint density at radius 2 is 1.40 bits per heavy atom. The molecule has 1 aromatic heterocycles. The van der Waals surface area contributed by atoms with Crippen LogP contribution in [0, 0.1) is 0 Å². The third-order valence-corrected chi connectivity index (χ3v) is 6.08. The molecule has 0 fully saturated rings. The topological polar surface area (TPSA) is 95.3 Å². The van der Waals surface area contributed by atoms with Crippen LogP contribution in [0.3, 0.4) is 0 Å². The minimum atomic E-state index is -5.11. The van der Waals surface area contributed by atoms with Crippen molar-refractivity contribution < 1.29 is 41.4 Å². The maximum atomic E-state index is 14.0. The van der Waals surface area contributed by atoms with Gasteiger partial charge in [0.15, 0.2) is 0 Å². The van der Waals surface area contributed by atoms with Gasteiger partial charge in [-0.2, -0.15) is 13.2 Å². The van der Waals surface area contributed by atoms with Gasteiger partial charge in [-0.3, -0.25) is 4.79 Å². The first-order valence-corrected chi connectivity index (χ1v) is 12.9. The second-order valence-electron chi connectivity index (χ2n) is 8.97. The van der Waals surface area contributed by atoms with Crippen LogP contribution in [-0.2, 0) is 10.9 Å². The molecule has 0 saturated heterocycles. The van der Waals surface area contributed by atoms with E-state index in [1.165, 1.54) is 41.3 Å². The predicted octanol–water partition coefficient (Wildman–Crippen LogP) is 8.12. The lowest BCUT2D eigenvalue weighted by Gasteiger charge is -2.22. The summed E-state index contributed by atoms with van der Waals surface area (Å²) in [5.41, 5.74) is -0.449. The second-order valence-corrected chi connectivity index (χ2v) is 8.97. The predicted molar refractivity (Wildman–Crippen MR) is 151 cm³/mol. The molecule has 4 aromatic carbocycles. The lowest BCUT2D eigenvalue weighted by molar-refractivity contribution is -0.154. The number of carbonyl (C=O) groups is 2. The molecule has 5 rings (SSSR count). The molecule has 0 spiro atoms. The van der Waals surface area contributed by atoms with Crippen LogP contribution in [0.2, 0.25) is 0 Å². The highest BCUT2D eigenvalue weighted by atomic mass is 19.4. The van der Waals surface area contributed by atoms with Crippen molar-refractivity contribution in [2.75, 3.05) is 11.5 Å². The smallest absolute Gasteiger partial charge is 0.453 e. The maximum Gasteiger partial charge on any atom is 0.453 e. The van der Waals surface area contributed by atoms with Gasteiger partial charge in [0.25, 0.3) is 5.76 Å². The van der Waals surface area contributed by atoms with Crippen LogP contribution in [0.1, 0.15) is 23.0 Å². The monoisotopic (exact) mass is 589 g/mol. The molecule has 1 heterocycles. The first kappa shape index (κ1) is 28.9. The summed E-state index contributed by atoms with van der Waals surface area (Å²) >= 11 is 0. The summed E-state index contributed by atoms with van der Waals surface area (Å²) < 4.78 is 63.0. The van der Waals surface area contributed by atoms with Crippen molar-refractivity contribution in [1.82, 2.24) is 0 Å². The molecule has 5 aromatic rings. The Hall–Kier alpha value is -5.58. The number of hydrogen-bond donors (Lipinski definition) is 0. The van der Waals surface area contributed by atoms with Gasteiger partial charge in [-0.15, -0.1) is 0 Å². The first-order chi connectivity index (χ1) is 20.7. The zero-order valence-electron chi connectivity index (χ0n) is 22.5. The van der Waals surface area contributed by atoms with Crippen molar-refractivity contribution in [2.45, 2.75) is 13.1 Å². The minimum absolute atomic E-state index is 0.141. The molecule has 11 heteroatoms. The van der Waals surface area contributed by atoms with Crippen molar-refractivity contribution in [3.05, 3.63) is 125 Å². The highest BCUT2D eigenvalue weighted by Gasteiger charge is 2.40. The Labute approximate surface area is 242 Å². The van der Waals surface area contributed by atoms with Crippen LogP contribution in [0.5, 0.6) is 17.2 Å². The summed E-state index contributed by atoms with van der Waals surface area (Å²) in [6, 6.07) is 25.7. The summed E-state index contributed by atoms with van der Waals surface area (Å²) in [5, 5.41) is -0.242. The first-order valence-electron chi connectivity index (χ1n) is 12.9. The Bertz CT molecular complexity index is 1780. The number of ether oxygens (including phenoxy) is 3. The molecular formula is C32H22F3NO7. The number of fused-ring (bicyclic) bond motifs is 1. The molecule has 43 heavy (non-hydrogen) atoms. The molecule has 0 saturated carbocycles. The SMILES string of the molecule is CCOC(=O)c1ccc(Oc2c(C(F)(F)F)oc3cc(OC(=O)N(c4ccccc4)c4ccccc4)ccc3c2=O)cc1. The van der Waals surface area contributed by atoms with E-state index in [1.54, 1.807) is 67.6 Å². The Morgan fingerprint density at radius 3 is 1.95 bits per heavy atom. The summed E-state index contributed by atoms with van der Waals surface area (Å²) in [4.78, 5) is 39.6. The second kappa shape index (κ2) is 12.1. The quantitative estimate of drug-likeness (QED) is 0.177. The summed E-state index contributed by atoms with van der Waals surface area (Å²) in [6.45, 7) is 1.77.